The maximum Gasteiger partial charge on any atom is 0.115 e. The molecule has 0 amide bonds. The zero-order chi connectivity index (χ0) is 9.26. The van der Waals surface area contributed by atoms with Crippen LogP contribution in [-0.4, -0.2) is 0 Å². The van der Waals surface area contributed by atoms with Gasteiger partial charge in [0.2, 0.25) is 0 Å². The van der Waals surface area contributed by atoms with Gasteiger partial charge in [-0.1, -0.05) is 40.2 Å². The largest absolute Gasteiger partial charge is 0.246 e. The van der Waals surface area contributed by atoms with Crippen molar-refractivity contribution < 1.29 is 4.39 Å². The van der Waals surface area contributed by atoms with Gasteiger partial charge in [0.05, 0.1) is 0 Å². The van der Waals surface area contributed by atoms with E-state index in [0.29, 0.717) is 0 Å². The summed E-state index contributed by atoms with van der Waals surface area (Å²) in [4.78, 5) is 0. The van der Waals surface area contributed by atoms with Crippen molar-refractivity contribution in [1.82, 2.24) is 0 Å². The normalized spacial score (nSPS) is 10.6. The fourth-order valence-electron chi connectivity index (χ4n) is 1.46. The van der Waals surface area contributed by atoms with Crippen LogP contribution in [0.15, 0.2) is 40.9 Å². The summed E-state index contributed by atoms with van der Waals surface area (Å²) >= 11 is 3.36. The van der Waals surface area contributed by atoms with Crippen molar-refractivity contribution in [3.63, 3.8) is 0 Å². The van der Waals surface area contributed by atoms with Crippen molar-refractivity contribution in [2.75, 3.05) is 0 Å². The van der Waals surface area contributed by atoms with Crippen LogP contribution in [0.25, 0.3) is 10.8 Å². The Balaban J connectivity index is 2.81. The molecule has 0 unspecified atom stereocenters. The molecule has 0 aliphatic rings. The van der Waals surface area contributed by atoms with E-state index in [4.69, 9.17) is 0 Å². The first kappa shape index (κ1) is 8.70. The van der Waals surface area contributed by atoms with E-state index in [9.17, 15) is 4.39 Å². The Morgan fingerprint density at radius 3 is 2.69 bits per heavy atom. The van der Waals surface area contributed by atoms with Crippen LogP contribution >= 0.6 is 15.9 Å². The fourth-order valence-corrected chi connectivity index (χ4v) is 1.98. The van der Waals surface area contributed by atoms with Crippen LogP contribution in [-0.2, 0) is 6.67 Å². The summed E-state index contributed by atoms with van der Waals surface area (Å²) in [6.45, 7) is -0.417. The average molecular weight is 239 g/mol. The van der Waals surface area contributed by atoms with Crippen molar-refractivity contribution in [3.05, 3.63) is 46.4 Å². The molecule has 0 aliphatic carbocycles. The molecule has 0 N–H and O–H groups in total. The maximum atomic E-state index is 12.6. The van der Waals surface area contributed by atoms with E-state index in [0.717, 1.165) is 20.8 Å². The van der Waals surface area contributed by atoms with Crippen LogP contribution in [0.3, 0.4) is 0 Å². The number of alkyl halides is 1. The topological polar surface area (TPSA) is 0 Å². The molecule has 0 aliphatic heterocycles. The minimum absolute atomic E-state index is 0.417. The minimum Gasteiger partial charge on any atom is -0.246 e. The van der Waals surface area contributed by atoms with Crippen molar-refractivity contribution in [3.8, 4) is 0 Å². The summed E-state index contributed by atoms with van der Waals surface area (Å²) in [5, 5.41) is 2.07. The van der Waals surface area contributed by atoms with E-state index in [-0.39, 0.29) is 0 Å². The van der Waals surface area contributed by atoms with Gasteiger partial charge in [-0.05, 0) is 28.5 Å². The lowest BCUT2D eigenvalue weighted by Crippen LogP contribution is -1.82. The second-order valence-corrected chi connectivity index (χ2v) is 3.84. The number of benzene rings is 2. The quantitative estimate of drug-likeness (QED) is 0.703. The molecule has 2 aromatic rings. The van der Waals surface area contributed by atoms with Crippen molar-refractivity contribution in [1.29, 1.82) is 0 Å². The van der Waals surface area contributed by atoms with E-state index < -0.39 is 6.67 Å². The molecule has 2 heteroatoms. The third kappa shape index (κ3) is 1.59. The van der Waals surface area contributed by atoms with Gasteiger partial charge in [-0.15, -0.1) is 0 Å². The molecule has 2 aromatic carbocycles. The average Bonchev–Trinajstić information content (AvgIpc) is 2.16. The van der Waals surface area contributed by atoms with Gasteiger partial charge in [0, 0.05) is 4.47 Å². The molecule has 0 spiro atoms. The number of fused-ring (bicyclic) bond motifs is 1. The molecule has 0 atom stereocenters. The highest BCUT2D eigenvalue weighted by Crippen LogP contribution is 2.24. The summed E-state index contributed by atoms with van der Waals surface area (Å²) < 4.78 is 13.5. The van der Waals surface area contributed by atoms with Gasteiger partial charge in [0.1, 0.15) is 6.67 Å². The number of hydrogen-bond acceptors (Lipinski definition) is 0. The van der Waals surface area contributed by atoms with E-state index in [1.54, 1.807) is 0 Å². The highest BCUT2D eigenvalue weighted by Gasteiger charge is 2.01. The molecule has 66 valence electrons. The van der Waals surface area contributed by atoms with Gasteiger partial charge in [-0.2, -0.15) is 0 Å². The molecule has 0 radical (unpaired) electrons. The number of halogens is 2. The lowest BCUT2D eigenvalue weighted by molar-refractivity contribution is 0.487. The highest BCUT2D eigenvalue weighted by atomic mass is 79.9. The van der Waals surface area contributed by atoms with Gasteiger partial charge in [-0.25, -0.2) is 4.39 Å². The van der Waals surface area contributed by atoms with Crippen LogP contribution in [0.2, 0.25) is 0 Å². The molecular formula is C11H8BrF. The Bertz CT molecular complexity index is 437. The number of rotatable bonds is 1. The van der Waals surface area contributed by atoms with Crippen molar-refractivity contribution in [2.45, 2.75) is 6.67 Å². The molecule has 0 nitrogen and oxygen atoms in total. The second-order valence-electron chi connectivity index (χ2n) is 2.92. The van der Waals surface area contributed by atoms with Crippen LogP contribution in [0, 0.1) is 0 Å². The molecule has 0 saturated carbocycles. The minimum atomic E-state index is -0.417. The van der Waals surface area contributed by atoms with Crippen LogP contribution < -0.4 is 0 Å². The van der Waals surface area contributed by atoms with Gasteiger partial charge in [-0.3, -0.25) is 0 Å². The van der Waals surface area contributed by atoms with Gasteiger partial charge in [0.15, 0.2) is 0 Å². The Hall–Kier alpha value is -0.890. The first-order chi connectivity index (χ1) is 6.31. The molecular weight excluding hydrogens is 231 g/mol. The zero-order valence-corrected chi connectivity index (χ0v) is 8.51. The fraction of sp³-hybridized carbons (Fsp3) is 0.0909. The first-order valence-corrected chi connectivity index (χ1v) is 4.83. The predicted molar refractivity (Wildman–Crippen MR) is 56.5 cm³/mol. The smallest absolute Gasteiger partial charge is 0.115 e. The zero-order valence-electron chi connectivity index (χ0n) is 6.93. The highest BCUT2D eigenvalue weighted by molar-refractivity contribution is 9.10. The van der Waals surface area contributed by atoms with Crippen LogP contribution in [0.4, 0.5) is 4.39 Å². The van der Waals surface area contributed by atoms with Gasteiger partial charge in [0.25, 0.3) is 0 Å². The Morgan fingerprint density at radius 1 is 1.15 bits per heavy atom. The van der Waals surface area contributed by atoms with Gasteiger partial charge < -0.3 is 0 Å². The van der Waals surface area contributed by atoms with E-state index in [1.807, 2.05) is 36.4 Å². The van der Waals surface area contributed by atoms with Crippen molar-refractivity contribution >= 4 is 26.7 Å². The third-order valence-electron chi connectivity index (χ3n) is 2.06. The Labute approximate surface area is 84.5 Å². The first-order valence-electron chi connectivity index (χ1n) is 4.04. The lowest BCUT2D eigenvalue weighted by atomic mass is 10.1. The molecule has 0 aromatic heterocycles. The SMILES string of the molecule is FCc1cc(Br)cc2ccccc12. The molecule has 0 saturated heterocycles. The Morgan fingerprint density at radius 2 is 1.92 bits per heavy atom. The van der Waals surface area contributed by atoms with E-state index in [2.05, 4.69) is 15.9 Å². The molecule has 0 heterocycles. The molecule has 0 fully saturated rings. The van der Waals surface area contributed by atoms with Crippen LogP contribution in [0.5, 0.6) is 0 Å². The Kier molecular flexibility index (Phi) is 2.32. The molecule has 0 bridgehead atoms. The third-order valence-corrected chi connectivity index (χ3v) is 2.51. The standard InChI is InChI=1S/C11H8BrF/c12-10-5-8-3-1-2-4-11(8)9(6-10)7-13/h1-6H,7H2. The van der Waals surface area contributed by atoms with Crippen molar-refractivity contribution in [2.24, 2.45) is 0 Å². The predicted octanol–water partition coefficient (Wildman–Crippen LogP) is 4.07. The second kappa shape index (κ2) is 3.46. The monoisotopic (exact) mass is 238 g/mol. The summed E-state index contributed by atoms with van der Waals surface area (Å²) in [7, 11) is 0. The maximum absolute atomic E-state index is 12.6. The van der Waals surface area contributed by atoms with E-state index >= 15 is 0 Å². The van der Waals surface area contributed by atoms with Crippen LogP contribution in [0.1, 0.15) is 5.56 Å². The lowest BCUT2D eigenvalue weighted by Gasteiger charge is -2.03. The summed E-state index contributed by atoms with van der Waals surface area (Å²) in [6, 6.07) is 11.6. The summed E-state index contributed by atoms with van der Waals surface area (Å²) in [5.41, 5.74) is 0.741. The molecule has 13 heavy (non-hydrogen) atoms. The molecule has 2 rings (SSSR count). The van der Waals surface area contributed by atoms with Gasteiger partial charge >= 0.3 is 0 Å². The summed E-state index contributed by atoms with van der Waals surface area (Å²) in [5.74, 6) is 0. The number of hydrogen-bond donors (Lipinski definition) is 0. The summed E-state index contributed by atoms with van der Waals surface area (Å²) in [6.07, 6.45) is 0. The van der Waals surface area contributed by atoms with E-state index in [1.165, 1.54) is 0 Å².